The molecule has 0 saturated carbocycles. The molecule has 2 heterocycles. The second-order valence-electron chi connectivity index (χ2n) is 6.03. The maximum Gasteiger partial charge on any atom is 0.257 e. The van der Waals surface area contributed by atoms with Crippen LogP contribution in [0.5, 0.6) is 11.5 Å². The van der Waals surface area contributed by atoms with Gasteiger partial charge in [0.15, 0.2) is 17.6 Å². The molecule has 0 fully saturated rings. The third-order valence-electron chi connectivity index (χ3n) is 4.28. The van der Waals surface area contributed by atoms with Crippen molar-refractivity contribution in [2.75, 3.05) is 20.2 Å². The van der Waals surface area contributed by atoms with Crippen molar-refractivity contribution in [1.29, 1.82) is 0 Å². The largest absolute Gasteiger partial charge is 0.486 e. The van der Waals surface area contributed by atoms with Crippen LogP contribution < -0.4 is 9.47 Å². The number of fused-ring (bicyclic) bond motifs is 1. The Balaban J connectivity index is 1.74. The van der Waals surface area contributed by atoms with Crippen LogP contribution >= 0.6 is 0 Å². The average Bonchev–Trinajstić information content (AvgIpc) is 2.66. The Morgan fingerprint density at radius 1 is 1.16 bits per heavy atom. The predicted molar refractivity (Wildman–Crippen MR) is 94.1 cm³/mol. The minimum Gasteiger partial charge on any atom is -0.486 e. The summed E-state index contributed by atoms with van der Waals surface area (Å²) >= 11 is 0. The molecule has 0 aliphatic carbocycles. The van der Waals surface area contributed by atoms with E-state index in [2.05, 4.69) is 9.97 Å². The minimum atomic E-state index is -0.205. The number of para-hydroxylation sites is 2. The molecule has 0 bridgehead atoms. The number of likely N-dealkylation sites (N-methyl/N-ethyl adjacent to an activating group) is 1. The molecule has 1 aromatic heterocycles. The highest BCUT2D eigenvalue weighted by atomic mass is 16.6. The number of rotatable bonds is 5. The Hall–Kier alpha value is -2.63. The van der Waals surface area contributed by atoms with Gasteiger partial charge in [0.05, 0.1) is 23.5 Å². The molecule has 2 aromatic rings. The van der Waals surface area contributed by atoms with E-state index >= 15 is 0 Å². The number of ether oxygens (including phenoxy) is 2. The van der Waals surface area contributed by atoms with E-state index in [9.17, 15) is 4.79 Å². The number of carbonyl (C=O) groups excluding carboxylic acids is 1. The van der Waals surface area contributed by atoms with Gasteiger partial charge in [-0.1, -0.05) is 26.0 Å². The van der Waals surface area contributed by atoms with Gasteiger partial charge in [-0.2, -0.15) is 0 Å². The summed E-state index contributed by atoms with van der Waals surface area (Å²) in [5.41, 5.74) is 2.19. The van der Waals surface area contributed by atoms with Crippen LogP contribution in [0.1, 0.15) is 35.6 Å². The van der Waals surface area contributed by atoms with Crippen molar-refractivity contribution in [2.45, 2.75) is 32.8 Å². The van der Waals surface area contributed by atoms with Crippen LogP contribution in [0, 0.1) is 0 Å². The van der Waals surface area contributed by atoms with Gasteiger partial charge in [0, 0.05) is 7.05 Å². The fraction of sp³-hybridized carbons (Fsp3) is 0.421. The molecule has 1 amide bonds. The van der Waals surface area contributed by atoms with E-state index in [1.165, 1.54) is 6.33 Å². The molecule has 3 rings (SSSR count). The summed E-state index contributed by atoms with van der Waals surface area (Å²) in [6, 6.07) is 7.56. The Morgan fingerprint density at radius 3 is 2.44 bits per heavy atom. The van der Waals surface area contributed by atoms with Crippen molar-refractivity contribution in [1.82, 2.24) is 14.9 Å². The Kier molecular flexibility index (Phi) is 5.16. The van der Waals surface area contributed by atoms with Crippen LogP contribution in [-0.2, 0) is 12.8 Å². The highest BCUT2D eigenvalue weighted by Gasteiger charge is 2.26. The number of hydrogen-bond acceptors (Lipinski definition) is 5. The molecule has 0 saturated heterocycles. The first-order valence-electron chi connectivity index (χ1n) is 8.60. The fourth-order valence-electron chi connectivity index (χ4n) is 2.98. The monoisotopic (exact) mass is 341 g/mol. The molecular weight excluding hydrogens is 318 g/mol. The standard InChI is InChI=1S/C19H23N3O3/c1-4-14-18(15(5-2)21-12-20-14)19(23)22(3)10-13-11-24-16-8-6-7-9-17(16)25-13/h6-9,12-13H,4-5,10-11H2,1-3H3. The van der Waals surface area contributed by atoms with Crippen molar-refractivity contribution in [2.24, 2.45) is 0 Å². The smallest absolute Gasteiger partial charge is 0.257 e. The number of carbonyl (C=O) groups is 1. The lowest BCUT2D eigenvalue weighted by Crippen LogP contribution is -2.42. The first-order valence-corrected chi connectivity index (χ1v) is 8.60. The number of aromatic nitrogens is 2. The minimum absolute atomic E-state index is 0.0724. The van der Waals surface area contributed by atoms with Gasteiger partial charge in [0.25, 0.3) is 5.91 Å². The van der Waals surface area contributed by atoms with Crippen LogP contribution in [0.3, 0.4) is 0 Å². The normalized spacial score (nSPS) is 15.7. The second-order valence-corrected chi connectivity index (χ2v) is 6.03. The number of hydrogen-bond donors (Lipinski definition) is 0. The quantitative estimate of drug-likeness (QED) is 0.836. The number of benzene rings is 1. The van der Waals surface area contributed by atoms with Gasteiger partial charge in [-0.05, 0) is 25.0 Å². The Bertz CT molecular complexity index is 741. The fourth-order valence-corrected chi connectivity index (χ4v) is 2.98. The zero-order chi connectivity index (χ0) is 17.8. The molecule has 1 aliphatic rings. The first-order chi connectivity index (χ1) is 12.1. The summed E-state index contributed by atoms with van der Waals surface area (Å²) < 4.78 is 11.7. The van der Waals surface area contributed by atoms with Gasteiger partial charge >= 0.3 is 0 Å². The van der Waals surface area contributed by atoms with E-state index in [-0.39, 0.29) is 12.0 Å². The highest BCUT2D eigenvalue weighted by Crippen LogP contribution is 2.31. The van der Waals surface area contributed by atoms with Crippen molar-refractivity contribution < 1.29 is 14.3 Å². The van der Waals surface area contributed by atoms with Crippen LogP contribution in [0.25, 0.3) is 0 Å². The van der Waals surface area contributed by atoms with Crippen molar-refractivity contribution in [3.63, 3.8) is 0 Å². The molecule has 1 aromatic carbocycles. The summed E-state index contributed by atoms with van der Waals surface area (Å²) in [6.07, 6.45) is 2.72. The van der Waals surface area contributed by atoms with Crippen molar-refractivity contribution in [3.8, 4) is 11.5 Å². The number of amides is 1. The topological polar surface area (TPSA) is 64.6 Å². The van der Waals surface area contributed by atoms with E-state index in [1.807, 2.05) is 38.1 Å². The Labute approximate surface area is 147 Å². The van der Waals surface area contributed by atoms with Gasteiger partial charge in [-0.25, -0.2) is 9.97 Å². The maximum atomic E-state index is 13.0. The molecule has 0 N–H and O–H groups in total. The number of aryl methyl sites for hydroxylation is 2. The predicted octanol–water partition coefficient (Wildman–Crippen LogP) is 2.51. The molecule has 132 valence electrons. The summed E-state index contributed by atoms with van der Waals surface area (Å²) in [4.78, 5) is 23.2. The third-order valence-corrected chi connectivity index (χ3v) is 4.28. The molecule has 0 spiro atoms. The van der Waals surface area contributed by atoms with Gasteiger partial charge in [-0.15, -0.1) is 0 Å². The first kappa shape index (κ1) is 17.2. The summed E-state index contributed by atoms with van der Waals surface area (Å²) in [6.45, 7) is 4.84. The zero-order valence-electron chi connectivity index (χ0n) is 14.9. The summed E-state index contributed by atoms with van der Waals surface area (Å²) in [5, 5.41) is 0. The van der Waals surface area contributed by atoms with Crippen LogP contribution in [0.2, 0.25) is 0 Å². The van der Waals surface area contributed by atoms with Gasteiger partial charge < -0.3 is 14.4 Å². The maximum absolute atomic E-state index is 13.0. The lowest BCUT2D eigenvalue weighted by atomic mass is 10.1. The summed E-state index contributed by atoms with van der Waals surface area (Å²) in [5.74, 6) is 1.38. The van der Waals surface area contributed by atoms with E-state index < -0.39 is 0 Å². The average molecular weight is 341 g/mol. The molecule has 6 nitrogen and oxygen atoms in total. The Morgan fingerprint density at radius 2 is 1.80 bits per heavy atom. The molecule has 6 heteroatoms. The lowest BCUT2D eigenvalue weighted by molar-refractivity contribution is 0.0519. The van der Waals surface area contributed by atoms with Gasteiger partial charge in [0.1, 0.15) is 12.9 Å². The van der Waals surface area contributed by atoms with Gasteiger partial charge in [-0.3, -0.25) is 4.79 Å². The van der Waals surface area contributed by atoms with E-state index in [1.54, 1.807) is 11.9 Å². The highest BCUT2D eigenvalue weighted by molar-refractivity contribution is 5.96. The molecule has 1 unspecified atom stereocenters. The second kappa shape index (κ2) is 7.51. The molecule has 1 atom stereocenters. The lowest BCUT2D eigenvalue weighted by Gasteiger charge is -2.30. The van der Waals surface area contributed by atoms with E-state index in [4.69, 9.17) is 9.47 Å². The molecular formula is C19H23N3O3. The van der Waals surface area contributed by atoms with Crippen molar-refractivity contribution in [3.05, 3.63) is 47.5 Å². The number of nitrogens with zero attached hydrogens (tertiary/aromatic N) is 3. The van der Waals surface area contributed by atoms with Crippen LogP contribution in [-0.4, -0.2) is 47.1 Å². The van der Waals surface area contributed by atoms with Gasteiger partial charge in [0.2, 0.25) is 0 Å². The zero-order valence-corrected chi connectivity index (χ0v) is 14.9. The SMILES string of the molecule is CCc1ncnc(CC)c1C(=O)N(C)CC1COc2ccccc2O1. The van der Waals surface area contributed by atoms with E-state index in [0.29, 0.717) is 37.3 Å². The third kappa shape index (κ3) is 3.57. The summed E-state index contributed by atoms with van der Waals surface area (Å²) in [7, 11) is 1.78. The molecule has 1 aliphatic heterocycles. The van der Waals surface area contributed by atoms with E-state index in [0.717, 1.165) is 17.1 Å². The van der Waals surface area contributed by atoms with Crippen LogP contribution in [0.4, 0.5) is 0 Å². The van der Waals surface area contributed by atoms with Crippen LogP contribution in [0.15, 0.2) is 30.6 Å². The van der Waals surface area contributed by atoms with Crippen molar-refractivity contribution >= 4 is 5.91 Å². The molecule has 25 heavy (non-hydrogen) atoms. The molecule has 0 radical (unpaired) electrons.